The molecule has 0 aromatic carbocycles. The molecule has 0 bridgehead atoms. The van der Waals surface area contributed by atoms with Gasteiger partial charge in [-0.05, 0) is 36.7 Å². The standard InChI is InChI=1S/C18H33N7S3/c1-4-7-20-16(26)22-11-10-19-12-14-25(18(28)24-9-6-3)15-13-23-17(27)21-8-5-2/h4-6,19H,1-3,7-15H2,(H,24,28)(H2,20,22,26)(H2,21,23,27). The molecule has 0 aromatic rings. The number of hydrogen-bond donors (Lipinski definition) is 6. The van der Waals surface area contributed by atoms with E-state index in [4.69, 9.17) is 36.7 Å². The van der Waals surface area contributed by atoms with Crippen molar-refractivity contribution in [1.82, 2.24) is 36.8 Å². The molecule has 0 aliphatic carbocycles. The monoisotopic (exact) mass is 443 g/mol. The second kappa shape index (κ2) is 18.6. The van der Waals surface area contributed by atoms with Crippen LogP contribution in [-0.2, 0) is 0 Å². The third-order valence-corrected chi connectivity index (χ3v) is 4.29. The fourth-order valence-electron chi connectivity index (χ4n) is 1.95. The van der Waals surface area contributed by atoms with Gasteiger partial charge < -0.3 is 36.8 Å². The zero-order valence-electron chi connectivity index (χ0n) is 16.4. The highest BCUT2D eigenvalue weighted by Crippen LogP contribution is 1.90. The lowest BCUT2D eigenvalue weighted by Crippen LogP contribution is -2.48. The molecule has 7 nitrogen and oxygen atoms in total. The predicted molar refractivity (Wildman–Crippen MR) is 133 cm³/mol. The van der Waals surface area contributed by atoms with Crippen LogP contribution in [0.15, 0.2) is 38.0 Å². The van der Waals surface area contributed by atoms with E-state index in [0.29, 0.717) is 41.5 Å². The van der Waals surface area contributed by atoms with Crippen molar-refractivity contribution in [3.05, 3.63) is 38.0 Å². The van der Waals surface area contributed by atoms with Crippen molar-refractivity contribution in [2.75, 3.05) is 58.9 Å². The maximum atomic E-state index is 5.47. The Morgan fingerprint density at radius 1 is 0.643 bits per heavy atom. The summed E-state index contributed by atoms with van der Waals surface area (Å²) in [5, 5.41) is 20.8. The minimum Gasteiger partial charge on any atom is -0.361 e. The Hall–Kier alpha value is -1.75. The Labute approximate surface area is 185 Å². The van der Waals surface area contributed by atoms with E-state index in [1.165, 1.54) is 0 Å². The van der Waals surface area contributed by atoms with E-state index < -0.39 is 0 Å². The number of nitrogens with zero attached hydrogens (tertiary/aromatic N) is 1. The van der Waals surface area contributed by atoms with Crippen LogP contribution in [-0.4, -0.2) is 79.1 Å². The van der Waals surface area contributed by atoms with Crippen molar-refractivity contribution in [1.29, 1.82) is 0 Å². The molecule has 0 rings (SSSR count). The molecule has 28 heavy (non-hydrogen) atoms. The van der Waals surface area contributed by atoms with Crippen molar-refractivity contribution < 1.29 is 0 Å². The summed E-state index contributed by atoms with van der Waals surface area (Å²) >= 11 is 15.8. The van der Waals surface area contributed by atoms with E-state index >= 15 is 0 Å². The second-order valence-electron chi connectivity index (χ2n) is 5.56. The van der Waals surface area contributed by atoms with Crippen LogP contribution in [0.5, 0.6) is 0 Å². The normalized spacial score (nSPS) is 9.57. The minimum atomic E-state index is 0.607. The van der Waals surface area contributed by atoms with Crippen LogP contribution in [0.3, 0.4) is 0 Å². The molecule has 0 saturated heterocycles. The number of nitrogens with one attached hydrogen (secondary N) is 6. The third kappa shape index (κ3) is 15.3. The fraction of sp³-hybridized carbons (Fsp3) is 0.500. The lowest BCUT2D eigenvalue weighted by molar-refractivity contribution is 0.408. The maximum Gasteiger partial charge on any atom is 0.169 e. The van der Waals surface area contributed by atoms with Crippen molar-refractivity contribution in [2.45, 2.75) is 0 Å². The summed E-state index contributed by atoms with van der Waals surface area (Å²) in [7, 11) is 0. The molecule has 158 valence electrons. The lowest BCUT2D eigenvalue weighted by atomic mass is 10.4. The molecule has 0 spiro atoms. The first-order valence-corrected chi connectivity index (χ1v) is 10.4. The largest absolute Gasteiger partial charge is 0.361 e. The summed E-state index contributed by atoms with van der Waals surface area (Å²) in [5.41, 5.74) is 0. The lowest BCUT2D eigenvalue weighted by Gasteiger charge is -2.26. The molecule has 0 unspecified atom stereocenters. The van der Waals surface area contributed by atoms with Crippen LogP contribution < -0.4 is 31.9 Å². The van der Waals surface area contributed by atoms with Gasteiger partial charge >= 0.3 is 0 Å². The predicted octanol–water partition coefficient (Wildman–Crippen LogP) is 0.239. The van der Waals surface area contributed by atoms with E-state index in [9.17, 15) is 0 Å². The summed E-state index contributed by atoms with van der Waals surface area (Å²) in [6, 6.07) is 0. The third-order valence-electron chi connectivity index (χ3n) is 3.31. The molecule has 0 aliphatic heterocycles. The summed E-state index contributed by atoms with van der Waals surface area (Å²) in [6.45, 7) is 17.5. The van der Waals surface area contributed by atoms with E-state index in [2.05, 4.69) is 56.5 Å². The zero-order chi connectivity index (χ0) is 21.0. The molecule has 10 heteroatoms. The van der Waals surface area contributed by atoms with Crippen LogP contribution in [0.1, 0.15) is 0 Å². The zero-order valence-corrected chi connectivity index (χ0v) is 18.8. The maximum absolute atomic E-state index is 5.47. The van der Waals surface area contributed by atoms with Crippen LogP contribution in [0, 0.1) is 0 Å². The number of thiocarbonyl (C=S) groups is 3. The molecule has 0 aliphatic rings. The summed E-state index contributed by atoms with van der Waals surface area (Å²) < 4.78 is 0. The van der Waals surface area contributed by atoms with Gasteiger partial charge in [-0.25, -0.2) is 0 Å². The Morgan fingerprint density at radius 3 is 1.71 bits per heavy atom. The van der Waals surface area contributed by atoms with E-state index in [1.54, 1.807) is 18.2 Å². The van der Waals surface area contributed by atoms with Crippen LogP contribution in [0.2, 0.25) is 0 Å². The Morgan fingerprint density at radius 2 is 1.14 bits per heavy atom. The molecular formula is C18H33N7S3. The van der Waals surface area contributed by atoms with Crippen LogP contribution in [0.4, 0.5) is 0 Å². The van der Waals surface area contributed by atoms with Crippen LogP contribution in [0.25, 0.3) is 0 Å². The van der Waals surface area contributed by atoms with Gasteiger partial charge in [-0.15, -0.1) is 19.7 Å². The average molecular weight is 444 g/mol. The van der Waals surface area contributed by atoms with Gasteiger partial charge in [0.25, 0.3) is 0 Å². The molecule has 0 saturated carbocycles. The van der Waals surface area contributed by atoms with Gasteiger partial charge in [0.15, 0.2) is 15.3 Å². The van der Waals surface area contributed by atoms with E-state index in [-0.39, 0.29) is 0 Å². The Bertz CT molecular complexity index is 511. The molecule has 0 aromatic heterocycles. The first kappa shape index (κ1) is 26.2. The number of rotatable bonds is 15. The number of hydrogen-bond acceptors (Lipinski definition) is 4. The van der Waals surface area contributed by atoms with Crippen molar-refractivity contribution in [3.8, 4) is 0 Å². The van der Waals surface area contributed by atoms with Crippen LogP contribution >= 0.6 is 36.7 Å². The van der Waals surface area contributed by atoms with Crippen molar-refractivity contribution in [2.24, 2.45) is 0 Å². The van der Waals surface area contributed by atoms with Gasteiger partial charge in [0, 0.05) is 58.9 Å². The molecule has 0 heterocycles. The average Bonchev–Trinajstić information content (AvgIpc) is 2.69. The Kier molecular flexibility index (Phi) is 17.4. The SMILES string of the molecule is C=CCNC(=S)NCCNCCN(CCNC(=S)NCC=C)C(=S)NCC=C. The molecule has 6 N–H and O–H groups in total. The highest BCUT2D eigenvalue weighted by molar-refractivity contribution is 7.80. The smallest absolute Gasteiger partial charge is 0.169 e. The topological polar surface area (TPSA) is 75.4 Å². The fourth-order valence-corrected chi connectivity index (χ4v) is 2.59. The van der Waals surface area contributed by atoms with E-state index in [1.807, 2.05) is 0 Å². The molecule has 0 radical (unpaired) electrons. The first-order chi connectivity index (χ1) is 13.5. The Balaban J connectivity index is 4.13. The summed E-state index contributed by atoms with van der Waals surface area (Å²) in [4.78, 5) is 2.10. The van der Waals surface area contributed by atoms with Gasteiger partial charge in [0.1, 0.15) is 0 Å². The van der Waals surface area contributed by atoms with Crippen molar-refractivity contribution in [3.63, 3.8) is 0 Å². The van der Waals surface area contributed by atoms with Gasteiger partial charge in [-0.1, -0.05) is 18.2 Å². The second-order valence-corrected chi connectivity index (χ2v) is 6.77. The highest BCUT2D eigenvalue weighted by Gasteiger charge is 2.08. The minimum absolute atomic E-state index is 0.607. The van der Waals surface area contributed by atoms with Gasteiger partial charge in [0.2, 0.25) is 0 Å². The van der Waals surface area contributed by atoms with Gasteiger partial charge in [-0.2, -0.15) is 0 Å². The van der Waals surface area contributed by atoms with Gasteiger partial charge in [-0.3, -0.25) is 0 Å². The molecule has 0 fully saturated rings. The van der Waals surface area contributed by atoms with Gasteiger partial charge in [0.05, 0.1) is 0 Å². The quantitative estimate of drug-likeness (QED) is 0.120. The molecule has 0 atom stereocenters. The van der Waals surface area contributed by atoms with Crippen molar-refractivity contribution >= 4 is 52.0 Å². The van der Waals surface area contributed by atoms with E-state index in [0.717, 1.165) is 32.7 Å². The first-order valence-electron chi connectivity index (χ1n) is 9.14. The summed E-state index contributed by atoms with van der Waals surface area (Å²) in [5.74, 6) is 0. The molecular weight excluding hydrogens is 410 g/mol. The summed E-state index contributed by atoms with van der Waals surface area (Å²) in [6.07, 6.45) is 5.31. The molecule has 0 amide bonds. The highest BCUT2D eigenvalue weighted by atomic mass is 32.1.